The average Bonchev–Trinajstić information content (AvgIpc) is 3.36. The van der Waals surface area contributed by atoms with E-state index in [9.17, 15) is 0 Å². The predicted molar refractivity (Wildman–Crippen MR) is 106 cm³/mol. The summed E-state index contributed by atoms with van der Waals surface area (Å²) >= 11 is 1.63. The molecule has 0 saturated carbocycles. The van der Waals surface area contributed by atoms with Crippen LogP contribution in [0, 0.1) is 0 Å². The number of hydrogen-bond acceptors (Lipinski definition) is 9. The number of anilines is 2. The van der Waals surface area contributed by atoms with Crippen LogP contribution in [0.25, 0.3) is 16.9 Å². The van der Waals surface area contributed by atoms with E-state index in [0.717, 1.165) is 50.7 Å². The first-order chi connectivity index (χ1) is 13.3. The number of aliphatic hydroxyl groups excluding tert-OH is 1. The van der Waals surface area contributed by atoms with E-state index in [0.29, 0.717) is 23.8 Å². The van der Waals surface area contributed by atoms with Crippen molar-refractivity contribution in [2.24, 2.45) is 0 Å². The standard InChI is InChI=1S/C17H23N7O2S/c25-7-3-18-15-14-16(24(12-20-14)13-1-10-27-11-13)22-17(21-15)19-2-4-23-5-8-26-9-6-23/h1,10-12,25H,2-9H2,(H2,18,19,21,22). The van der Waals surface area contributed by atoms with E-state index in [1.807, 2.05) is 16.0 Å². The second kappa shape index (κ2) is 8.61. The van der Waals surface area contributed by atoms with Gasteiger partial charge in [0.25, 0.3) is 0 Å². The molecule has 1 aliphatic heterocycles. The fraction of sp³-hybridized carbons (Fsp3) is 0.471. The van der Waals surface area contributed by atoms with Crippen molar-refractivity contribution in [3.63, 3.8) is 0 Å². The lowest BCUT2D eigenvalue weighted by Crippen LogP contribution is -2.39. The Bertz CT molecular complexity index is 862. The van der Waals surface area contributed by atoms with Crippen molar-refractivity contribution in [2.45, 2.75) is 0 Å². The highest BCUT2D eigenvalue weighted by Crippen LogP contribution is 2.24. The van der Waals surface area contributed by atoms with Crippen LogP contribution in [-0.2, 0) is 4.74 Å². The first-order valence-electron chi connectivity index (χ1n) is 9.01. The number of ether oxygens (including phenoxy) is 1. The van der Waals surface area contributed by atoms with Gasteiger partial charge in [-0.25, -0.2) is 4.98 Å². The van der Waals surface area contributed by atoms with E-state index in [2.05, 4.69) is 35.9 Å². The van der Waals surface area contributed by atoms with Crippen LogP contribution in [0.1, 0.15) is 0 Å². The number of thiophene rings is 1. The van der Waals surface area contributed by atoms with Crippen LogP contribution in [0.4, 0.5) is 11.8 Å². The minimum Gasteiger partial charge on any atom is -0.395 e. The largest absolute Gasteiger partial charge is 0.395 e. The van der Waals surface area contributed by atoms with Gasteiger partial charge in [0, 0.05) is 38.1 Å². The van der Waals surface area contributed by atoms with Gasteiger partial charge in [-0.2, -0.15) is 21.3 Å². The number of nitrogens with zero attached hydrogens (tertiary/aromatic N) is 5. The van der Waals surface area contributed by atoms with Gasteiger partial charge >= 0.3 is 0 Å². The first kappa shape index (κ1) is 18.1. The molecule has 0 aliphatic carbocycles. The third kappa shape index (κ3) is 4.19. The Kier molecular flexibility index (Phi) is 5.78. The van der Waals surface area contributed by atoms with E-state index < -0.39 is 0 Å². The topological polar surface area (TPSA) is 100 Å². The summed E-state index contributed by atoms with van der Waals surface area (Å²) in [5, 5.41) is 19.7. The maximum atomic E-state index is 9.15. The molecule has 144 valence electrons. The number of aliphatic hydroxyl groups is 1. The molecular formula is C17H23N7O2S. The maximum Gasteiger partial charge on any atom is 0.226 e. The van der Waals surface area contributed by atoms with E-state index in [4.69, 9.17) is 9.84 Å². The Labute approximate surface area is 161 Å². The maximum absolute atomic E-state index is 9.15. The summed E-state index contributed by atoms with van der Waals surface area (Å²) in [6.45, 7) is 5.58. The molecule has 0 bridgehead atoms. The molecule has 1 saturated heterocycles. The number of aromatic nitrogens is 4. The Balaban J connectivity index is 1.56. The minimum atomic E-state index is 0.0243. The molecule has 0 aromatic carbocycles. The van der Waals surface area contributed by atoms with Crippen LogP contribution in [0.2, 0.25) is 0 Å². The van der Waals surface area contributed by atoms with Crippen molar-refractivity contribution in [3.8, 4) is 5.69 Å². The number of fused-ring (bicyclic) bond motifs is 1. The molecule has 4 rings (SSSR count). The van der Waals surface area contributed by atoms with Crippen LogP contribution in [0.3, 0.4) is 0 Å². The summed E-state index contributed by atoms with van der Waals surface area (Å²) in [6, 6.07) is 2.03. The summed E-state index contributed by atoms with van der Waals surface area (Å²) in [6.07, 6.45) is 1.75. The molecule has 1 aliphatic rings. The van der Waals surface area contributed by atoms with Gasteiger partial charge in [0.2, 0.25) is 5.95 Å². The number of morpholine rings is 1. The summed E-state index contributed by atoms with van der Waals surface area (Å²) in [7, 11) is 0. The smallest absolute Gasteiger partial charge is 0.226 e. The zero-order valence-electron chi connectivity index (χ0n) is 15.0. The number of hydrogen-bond donors (Lipinski definition) is 3. The molecule has 0 atom stereocenters. The van der Waals surface area contributed by atoms with E-state index in [1.165, 1.54) is 0 Å². The first-order valence-corrected chi connectivity index (χ1v) is 9.96. The summed E-state index contributed by atoms with van der Waals surface area (Å²) in [5.41, 5.74) is 2.44. The van der Waals surface area contributed by atoms with Gasteiger partial charge in [-0.3, -0.25) is 9.47 Å². The average molecular weight is 389 g/mol. The molecule has 3 aromatic rings. The monoisotopic (exact) mass is 389 g/mol. The third-order valence-electron chi connectivity index (χ3n) is 4.40. The zero-order chi connectivity index (χ0) is 18.5. The highest BCUT2D eigenvalue weighted by Gasteiger charge is 2.15. The quantitative estimate of drug-likeness (QED) is 0.525. The Morgan fingerprint density at radius 2 is 2.07 bits per heavy atom. The normalized spacial score (nSPS) is 15.3. The van der Waals surface area contributed by atoms with Crippen LogP contribution in [0.5, 0.6) is 0 Å². The molecule has 0 amide bonds. The molecule has 0 radical (unpaired) electrons. The molecule has 3 aromatic heterocycles. The van der Waals surface area contributed by atoms with Gasteiger partial charge in [-0.1, -0.05) is 0 Å². The minimum absolute atomic E-state index is 0.0243. The van der Waals surface area contributed by atoms with Crippen molar-refractivity contribution in [3.05, 3.63) is 23.2 Å². The van der Waals surface area contributed by atoms with E-state index in [1.54, 1.807) is 17.7 Å². The zero-order valence-corrected chi connectivity index (χ0v) is 15.8. The lowest BCUT2D eigenvalue weighted by atomic mass is 10.4. The third-order valence-corrected chi connectivity index (χ3v) is 5.07. The molecule has 4 heterocycles. The highest BCUT2D eigenvalue weighted by molar-refractivity contribution is 7.08. The molecule has 10 heteroatoms. The van der Waals surface area contributed by atoms with Gasteiger partial charge in [-0.15, -0.1) is 0 Å². The Morgan fingerprint density at radius 3 is 2.85 bits per heavy atom. The lowest BCUT2D eigenvalue weighted by molar-refractivity contribution is 0.0398. The van der Waals surface area contributed by atoms with Crippen LogP contribution < -0.4 is 10.6 Å². The number of rotatable bonds is 8. The number of nitrogens with one attached hydrogen (secondary N) is 2. The highest BCUT2D eigenvalue weighted by atomic mass is 32.1. The fourth-order valence-electron chi connectivity index (χ4n) is 3.01. The van der Waals surface area contributed by atoms with E-state index in [-0.39, 0.29) is 6.61 Å². The molecule has 9 nitrogen and oxygen atoms in total. The van der Waals surface area contributed by atoms with Crippen LogP contribution >= 0.6 is 11.3 Å². The molecule has 3 N–H and O–H groups in total. The predicted octanol–water partition coefficient (Wildman–Crippen LogP) is 1.03. The van der Waals surface area contributed by atoms with E-state index >= 15 is 0 Å². The van der Waals surface area contributed by atoms with Gasteiger partial charge in [0.05, 0.1) is 25.5 Å². The van der Waals surface area contributed by atoms with Crippen molar-refractivity contribution in [2.75, 3.05) is 63.2 Å². The van der Waals surface area contributed by atoms with Gasteiger partial charge < -0.3 is 20.5 Å². The van der Waals surface area contributed by atoms with Crippen molar-refractivity contribution < 1.29 is 9.84 Å². The second-order valence-corrected chi connectivity index (χ2v) is 6.98. The van der Waals surface area contributed by atoms with Crippen molar-refractivity contribution in [1.82, 2.24) is 24.4 Å². The van der Waals surface area contributed by atoms with Gasteiger partial charge in [-0.05, 0) is 11.4 Å². The Hall–Kier alpha value is -2.27. The second-order valence-electron chi connectivity index (χ2n) is 6.20. The summed E-state index contributed by atoms with van der Waals surface area (Å²) in [5.74, 6) is 1.17. The SMILES string of the molecule is OCCNc1nc(NCCN2CCOCC2)nc2c1ncn2-c1ccsc1. The van der Waals surface area contributed by atoms with Crippen LogP contribution in [0.15, 0.2) is 23.2 Å². The summed E-state index contributed by atoms with van der Waals surface area (Å²) in [4.78, 5) is 16.1. The van der Waals surface area contributed by atoms with Gasteiger partial charge in [0.15, 0.2) is 17.0 Å². The fourth-order valence-corrected chi connectivity index (χ4v) is 3.64. The van der Waals surface area contributed by atoms with Gasteiger partial charge in [0.1, 0.15) is 6.33 Å². The van der Waals surface area contributed by atoms with Crippen molar-refractivity contribution >= 4 is 34.3 Å². The summed E-state index contributed by atoms with van der Waals surface area (Å²) < 4.78 is 7.33. The molecule has 1 fully saturated rings. The van der Waals surface area contributed by atoms with Crippen LogP contribution in [-0.4, -0.2) is 82.1 Å². The van der Waals surface area contributed by atoms with Crippen molar-refractivity contribution in [1.29, 1.82) is 0 Å². The Morgan fingerprint density at radius 1 is 1.19 bits per heavy atom. The lowest BCUT2D eigenvalue weighted by Gasteiger charge is -2.26. The molecule has 27 heavy (non-hydrogen) atoms. The number of imidazole rings is 1. The molecule has 0 spiro atoms. The molecule has 0 unspecified atom stereocenters. The molecular weight excluding hydrogens is 366 g/mol.